The molecular formula is C5H2BrF3N3. The van der Waals surface area contributed by atoms with Gasteiger partial charge in [0.05, 0.1) is 0 Å². The molecule has 2 N–H and O–H groups in total. The fraction of sp³-hybridized carbons (Fsp3) is 0.200. The lowest BCUT2D eigenvalue weighted by Crippen LogP contribution is -2.11. The largest absolute Gasteiger partial charge is 0.436 e. The Bertz CT molecular complexity index is 298. The average molecular weight is 241 g/mol. The summed E-state index contributed by atoms with van der Waals surface area (Å²) in [4.78, 5) is 6.26. The lowest BCUT2D eigenvalue weighted by molar-refractivity contribution is -0.142. The highest BCUT2D eigenvalue weighted by molar-refractivity contribution is 9.10. The number of alkyl halides is 3. The van der Waals surface area contributed by atoms with E-state index in [0.717, 1.165) is 0 Å². The number of rotatable bonds is 0. The third-order valence-electron chi connectivity index (χ3n) is 0.965. The molecule has 1 radical (unpaired) electrons. The molecule has 1 rings (SSSR count). The first-order valence-corrected chi connectivity index (χ1v) is 3.48. The van der Waals surface area contributed by atoms with E-state index in [-0.39, 0.29) is 5.82 Å². The summed E-state index contributed by atoms with van der Waals surface area (Å²) in [5, 5.41) is 0. The van der Waals surface area contributed by atoms with Crippen LogP contribution in [-0.2, 0) is 6.18 Å². The first-order chi connectivity index (χ1) is 5.41. The van der Waals surface area contributed by atoms with Crippen molar-refractivity contribution in [1.82, 2.24) is 9.97 Å². The monoisotopic (exact) mass is 240 g/mol. The SMILES string of the molecule is Nc1[c]nc(Br)c(C(F)(F)F)n1. The minimum absolute atomic E-state index is 0.384. The minimum Gasteiger partial charge on any atom is -0.382 e. The standard InChI is InChI=1S/C5H2BrF3N3/c6-4-3(5(7,8)9)12-2(10)1-11-4/h(H2,10,12). The van der Waals surface area contributed by atoms with Gasteiger partial charge in [0.25, 0.3) is 0 Å². The Labute approximate surface area is 73.9 Å². The predicted molar refractivity (Wildman–Crippen MR) is 38.0 cm³/mol. The Hall–Kier alpha value is -0.850. The van der Waals surface area contributed by atoms with Crippen molar-refractivity contribution in [2.24, 2.45) is 0 Å². The van der Waals surface area contributed by atoms with Gasteiger partial charge >= 0.3 is 6.18 Å². The van der Waals surface area contributed by atoms with Gasteiger partial charge in [0, 0.05) is 0 Å². The number of nitrogens with zero attached hydrogens (tertiary/aromatic N) is 2. The van der Waals surface area contributed by atoms with Crippen LogP contribution in [0.5, 0.6) is 0 Å². The van der Waals surface area contributed by atoms with Gasteiger partial charge in [-0.2, -0.15) is 13.2 Å². The summed E-state index contributed by atoms with van der Waals surface area (Å²) < 4.78 is 35.7. The van der Waals surface area contributed by atoms with E-state index >= 15 is 0 Å². The van der Waals surface area contributed by atoms with Crippen molar-refractivity contribution in [1.29, 1.82) is 0 Å². The number of hydrogen-bond donors (Lipinski definition) is 1. The number of nitrogen functional groups attached to an aromatic ring is 1. The van der Waals surface area contributed by atoms with Crippen molar-refractivity contribution in [2.75, 3.05) is 5.73 Å². The Kier molecular flexibility index (Phi) is 2.22. The van der Waals surface area contributed by atoms with Gasteiger partial charge in [0.1, 0.15) is 10.8 Å². The minimum atomic E-state index is -4.55. The molecule has 0 atom stereocenters. The zero-order chi connectivity index (χ0) is 9.35. The third kappa shape index (κ3) is 1.84. The molecule has 3 nitrogen and oxygen atoms in total. The zero-order valence-corrected chi connectivity index (χ0v) is 7.07. The number of halogens is 4. The second kappa shape index (κ2) is 2.89. The predicted octanol–water partition coefficient (Wildman–Crippen LogP) is 1.64. The molecule has 12 heavy (non-hydrogen) atoms. The molecule has 0 bridgehead atoms. The maximum absolute atomic E-state index is 12.0. The lowest BCUT2D eigenvalue weighted by atomic mass is 10.4. The van der Waals surface area contributed by atoms with Crippen LogP contribution in [0.1, 0.15) is 5.69 Å². The van der Waals surface area contributed by atoms with Crippen LogP contribution in [0.3, 0.4) is 0 Å². The van der Waals surface area contributed by atoms with Crippen LogP contribution in [0.4, 0.5) is 19.0 Å². The van der Waals surface area contributed by atoms with Crippen molar-refractivity contribution in [3.8, 4) is 0 Å². The lowest BCUT2D eigenvalue weighted by Gasteiger charge is -2.06. The van der Waals surface area contributed by atoms with Crippen molar-refractivity contribution in [3.05, 3.63) is 16.5 Å². The van der Waals surface area contributed by atoms with Crippen molar-refractivity contribution >= 4 is 21.7 Å². The fourth-order valence-electron chi connectivity index (χ4n) is 0.531. The van der Waals surface area contributed by atoms with Crippen LogP contribution in [0.15, 0.2) is 4.60 Å². The third-order valence-corrected chi connectivity index (χ3v) is 1.52. The summed E-state index contributed by atoms with van der Waals surface area (Å²) in [6.45, 7) is 0. The molecule has 0 aromatic carbocycles. The molecule has 65 valence electrons. The smallest absolute Gasteiger partial charge is 0.382 e. The fourth-order valence-corrected chi connectivity index (χ4v) is 0.933. The van der Waals surface area contributed by atoms with Crippen LogP contribution in [0, 0.1) is 6.20 Å². The van der Waals surface area contributed by atoms with E-state index in [4.69, 9.17) is 5.73 Å². The van der Waals surface area contributed by atoms with E-state index in [9.17, 15) is 13.2 Å². The van der Waals surface area contributed by atoms with E-state index in [1.165, 1.54) is 0 Å². The summed E-state index contributed by atoms with van der Waals surface area (Å²) >= 11 is 2.59. The Balaban J connectivity index is 3.23. The number of aromatic nitrogens is 2. The number of nitrogens with two attached hydrogens (primary N) is 1. The molecule has 0 spiro atoms. The van der Waals surface area contributed by atoms with Gasteiger partial charge in [-0.25, -0.2) is 9.97 Å². The first-order valence-electron chi connectivity index (χ1n) is 2.69. The van der Waals surface area contributed by atoms with E-state index < -0.39 is 16.5 Å². The zero-order valence-electron chi connectivity index (χ0n) is 5.48. The first kappa shape index (κ1) is 9.24. The maximum atomic E-state index is 12.0. The normalized spacial score (nSPS) is 11.7. The molecule has 0 aliphatic rings. The van der Waals surface area contributed by atoms with Gasteiger partial charge < -0.3 is 5.73 Å². The molecule has 1 aromatic heterocycles. The average Bonchev–Trinajstić information content (AvgIpc) is 1.92. The van der Waals surface area contributed by atoms with Crippen molar-refractivity contribution in [2.45, 2.75) is 6.18 Å². The Morgan fingerprint density at radius 2 is 2.00 bits per heavy atom. The molecule has 7 heteroatoms. The highest BCUT2D eigenvalue weighted by Crippen LogP contribution is 2.32. The molecule has 0 saturated carbocycles. The summed E-state index contributed by atoms with van der Waals surface area (Å²) in [5.41, 5.74) is 3.83. The van der Waals surface area contributed by atoms with Crippen molar-refractivity contribution < 1.29 is 13.2 Å². The van der Waals surface area contributed by atoms with E-state index in [1.54, 1.807) is 0 Å². The van der Waals surface area contributed by atoms with Gasteiger partial charge in [-0.05, 0) is 15.9 Å². The molecule has 0 fully saturated rings. The number of hydrogen-bond acceptors (Lipinski definition) is 3. The van der Waals surface area contributed by atoms with Crippen LogP contribution < -0.4 is 5.73 Å². The molecule has 1 aromatic rings. The summed E-state index contributed by atoms with van der Waals surface area (Å²) in [5.74, 6) is -0.384. The van der Waals surface area contributed by atoms with Crippen molar-refractivity contribution in [3.63, 3.8) is 0 Å². The second-order valence-corrected chi connectivity index (χ2v) is 2.61. The van der Waals surface area contributed by atoms with Gasteiger partial charge in [0.2, 0.25) is 0 Å². The van der Waals surface area contributed by atoms with Crippen LogP contribution >= 0.6 is 15.9 Å². The second-order valence-electron chi connectivity index (χ2n) is 1.86. The topological polar surface area (TPSA) is 51.8 Å². The van der Waals surface area contributed by atoms with E-state index in [2.05, 4.69) is 32.1 Å². The maximum Gasteiger partial charge on any atom is 0.436 e. The highest BCUT2D eigenvalue weighted by Gasteiger charge is 2.36. The van der Waals surface area contributed by atoms with Gasteiger partial charge in [-0.3, -0.25) is 0 Å². The van der Waals surface area contributed by atoms with E-state index in [0.29, 0.717) is 0 Å². The number of anilines is 1. The molecule has 0 aliphatic carbocycles. The molecule has 0 saturated heterocycles. The summed E-state index contributed by atoms with van der Waals surface area (Å²) in [6.07, 6.45) is -2.46. The summed E-state index contributed by atoms with van der Waals surface area (Å²) in [7, 11) is 0. The highest BCUT2D eigenvalue weighted by atomic mass is 79.9. The molecule has 0 aliphatic heterocycles. The Morgan fingerprint density at radius 3 is 2.42 bits per heavy atom. The van der Waals surface area contributed by atoms with E-state index in [1.807, 2.05) is 0 Å². The molecular weight excluding hydrogens is 239 g/mol. The Morgan fingerprint density at radius 1 is 1.42 bits per heavy atom. The van der Waals surface area contributed by atoms with Gasteiger partial charge in [0.15, 0.2) is 11.5 Å². The van der Waals surface area contributed by atoms with Gasteiger partial charge in [-0.1, -0.05) is 0 Å². The van der Waals surface area contributed by atoms with Gasteiger partial charge in [-0.15, -0.1) is 0 Å². The molecule has 0 unspecified atom stereocenters. The van der Waals surface area contributed by atoms with Crippen LogP contribution in [0.2, 0.25) is 0 Å². The van der Waals surface area contributed by atoms with Crippen LogP contribution in [0.25, 0.3) is 0 Å². The quantitative estimate of drug-likeness (QED) is 0.751. The summed E-state index contributed by atoms with van der Waals surface area (Å²) in [6, 6.07) is 0. The molecule has 0 amide bonds. The molecule has 1 heterocycles. The van der Waals surface area contributed by atoms with Crippen LogP contribution in [-0.4, -0.2) is 9.97 Å².